The van der Waals surface area contributed by atoms with Crippen molar-refractivity contribution in [1.82, 2.24) is 9.88 Å². The van der Waals surface area contributed by atoms with E-state index < -0.39 is 0 Å². The van der Waals surface area contributed by atoms with Crippen LogP contribution < -0.4 is 4.74 Å². The second kappa shape index (κ2) is 10.1. The zero-order valence-corrected chi connectivity index (χ0v) is 18.5. The van der Waals surface area contributed by atoms with Crippen LogP contribution in [0, 0.1) is 0 Å². The first-order valence-corrected chi connectivity index (χ1v) is 10.4. The van der Waals surface area contributed by atoms with E-state index in [2.05, 4.69) is 6.07 Å². The summed E-state index contributed by atoms with van der Waals surface area (Å²) in [6.45, 7) is 6.69. The maximum atomic E-state index is 12.1. The lowest BCUT2D eigenvalue weighted by Crippen LogP contribution is -2.28. The minimum atomic E-state index is -0.279. The van der Waals surface area contributed by atoms with Crippen LogP contribution in [0.3, 0.4) is 0 Å². The zero-order valence-electron chi connectivity index (χ0n) is 18.5. The van der Waals surface area contributed by atoms with Crippen LogP contribution in [0.25, 0.3) is 22.2 Å². The molecule has 0 bridgehead atoms. The van der Waals surface area contributed by atoms with Gasteiger partial charge in [0.25, 0.3) is 0 Å². The molecule has 31 heavy (non-hydrogen) atoms. The lowest BCUT2D eigenvalue weighted by Gasteiger charge is -2.22. The van der Waals surface area contributed by atoms with E-state index in [0.717, 1.165) is 33.3 Å². The van der Waals surface area contributed by atoms with E-state index in [0.29, 0.717) is 25.4 Å². The third kappa shape index (κ3) is 5.20. The molecule has 0 fully saturated rings. The van der Waals surface area contributed by atoms with Crippen molar-refractivity contribution in [2.24, 2.45) is 0 Å². The fourth-order valence-electron chi connectivity index (χ4n) is 3.59. The number of pyridine rings is 1. The van der Waals surface area contributed by atoms with E-state index >= 15 is 0 Å². The maximum Gasteiger partial charge on any atom is 0.310 e. The zero-order chi connectivity index (χ0) is 22.4. The largest absolute Gasteiger partial charge is 0.496 e. The molecular formula is C25H28N2O4. The number of carbonyl (C=O) groups excluding carboxylic acids is 2. The molecule has 0 atom stereocenters. The van der Waals surface area contributed by atoms with Crippen molar-refractivity contribution >= 4 is 22.8 Å². The first-order valence-electron chi connectivity index (χ1n) is 10.4. The summed E-state index contributed by atoms with van der Waals surface area (Å²) >= 11 is 0. The molecule has 0 aliphatic rings. The van der Waals surface area contributed by atoms with E-state index in [1.807, 2.05) is 49.4 Å². The van der Waals surface area contributed by atoms with Crippen molar-refractivity contribution in [2.45, 2.75) is 33.7 Å². The van der Waals surface area contributed by atoms with Gasteiger partial charge in [0.2, 0.25) is 5.91 Å². The first kappa shape index (κ1) is 22.3. The summed E-state index contributed by atoms with van der Waals surface area (Å²) in [6.07, 6.45) is 0.169. The summed E-state index contributed by atoms with van der Waals surface area (Å²) in [5.74, 6) is 0.381. The average Bonchev–Trinajstić information content (AvgIpc) is 2.76. The molecule has 0 aliphatic heterocycles. The van der Waals surface area contributed by atoms with Gasteiger partial charge in [-0.2, -0.15) is 0 Å². The number of ether oxygens (including phenoxy) is 2. The summed E-state index contributed by atoms with van der Waals surface area (Å²) in [4.78, 5) is 30.8. The number of aromatic nitrogens is 1. The molecule has 1 heterocycles. The van der Waals surface area contributed by atoms with Crippen LogP contribution in [-0.2, 0) is 27.3 Å². The standard InChI is InChI=1S/C25H28N2O4/c1-5-27(17(3)28)16-20-15-19-9-7-8-10-22(19)26-25(20)21-13-18(11-12-23(21)30-4)14-24(29)31-6-2/h7-13,15H,5-6,14,16H2,1-4H3. The molecule has 0 spiro atoms. The highest BCUT2D eigenvalue weighted by Crippen LogP contribution is 2.34. The first-order chi connectivity index (χ1) is 15.0. The number of nitrogens with zero attached hydrogens (tertiary/aromatic N) is 2. The second-order valence-electron chi connectivity index (χ2n) is 7.24. The predicted octanol–water partition coefficient (Wildman–Crippen LogP) is 4.38. The van der Waals surface area contributed by atoms with Crippen LogP contribution in [-0.4, -0.2) is 42.0 Å². The van der Waals surface area contributed by atoms with Gasteiger partial charge in [0, 0.05) is 31.0 Å². The Morgan fingerprint density at radius 3 is 2.52 bits per heavy atom. The number of benzene rings is 2. The number of hydrogen-bond donors (Lipinski definition) is 0. The maximum absolute atomic E-state index is 12.1. The molecule has 1 amide bonds. The highest BCUT2D eigenvalue weighted by molar-refractivity contribution is 5.85. The van der Waals surface area contributed by atoms with Crippen molar-refractivity contribution in [3.8, 4) is 17.0 Å². The third-order valence-corrected chi connectivity index (χ3v) is 5.16. The molecule has 0 N–H and O–H groups in total. The Kier molecular flexibility index (Phi) is 7.23. The highest BCUT2D eigenvalue weighted by Gasteiger charge is 2.18. The fourth-order valence-corrected chi connectivity index (χ4v) is 3.59. The SMILES string of the molecule is CCOC(=O)Cc1ccc(OC)c(-c2nc3ccccc3cc2CN(CC)C(C)=O)c1. The number of esters is 1. The van der Waals surface area contributed by atoms with Gasteiger partial charge in [0.1, 0.15) is 5.75 Å². The van der Waals surface area contributed by atoms with Gasteiger partial charge >= 0.3 is 5.97 Å². The Bertz CT molecular complexity index is 1090. The summed E-state index contributed by atoms with van der Waals surface area (Å²) in [5.41, 5.74) is 4.10. The van der Waals surface area contributed by atoms with Crippen LogP contribution in [0.5, 0.6) is 5.75 Å². The second-order valence-corrected chi connectivity index (χ2v) is 7.24. The number of rotatable bonds is 8. The van der Waals surface area contributed by atoms with Gasteiger partial charge in [-0.1, -0.05) is 24.3 Å². The van der Waals surface area contributed by atoms with Crippen LogP contribution in [0.15, 0.2) is 48.5 Å². The summed E-state index contributed by atoms with van der Waals surface area (Å²) in [6, 6.07) is 15.6. The normalized spacial score (nSPS) is 10.7. The molecule has 2 aromatic carbocycles. The van der Waals surface area contributed by atoms with Crippen LogP contribution in [0.4, 0.5) is 0 Å². The Morgan fingerprint density at radius 2 is 1.84 bits per heavy atom. The molecule has 0 radical (unpaired) electrons. The summed E-state index contributed by atoms with van der Waals surface area (Å²) < 4.78 is 10.7. The van der Waals surface area contributed by atoms with E-state index in [1.165, 1.54) is 0 Å². The number of methoxy groups -OCH3 is 1. The summed E-state index contributed by atoms with van der Waals surface area (Å²) in [5, 5.41) is 1.00. The molecule has 1 aromatic heterocycles. The van der Waals surface area contributed by atoms with Crippen molar-refractivity contribution in [2.75, 3.05) is 20.3 Å². The third-order valence-electron chi connectivity index (χ3n) is 5.16. The van der Waals surface area contributed by atoms with Crippen LogP contribution >= 0.6 is 0 Å². The van der Waals surface area contributed by atoms with Crippen molar-refractivity contribution < 1.29 is 19.1 Å². The van der Waals surface area contributed by atoms with Gasteiger partial charge in [-0.3, -0.25) is 9.59 Å². The predicted molar refractivity (Wildman–Crippen MR) is 121 cm³/mol. The Balaban J connectivity index is 2.16. The molecule has 0 saturated heterocycles. The highest BCUT2D eigenvalue weighted by atomic mass is 16.5. The summed E-state index contributed by atoms with van der Waals surface area (Å²) in [7, 11) is 1.61. The smallest absolute Gasteiger partial charge is 0.310 e. The number of carbonyl (C=O) groups is 2. The Labute approximate surface area is 182 Å². The Morgan fingerprint density at radius 1 is 1.06 bits per heavy atom. The topological polar surface area (TPSA) is 68.7 Å². The van der Waals surface area contributed by atoms with Gasteiger partial charge in [-0.25, -0.2) is 4.98 Å². The molecule has 3 aromatic rings. The molecular weight excluding hydrogens is 392 g/mol. The van der Waals surface area contributed by atoms with Gasteiger partial charge in [0.05, 0.1) is 31.3 Å². The van der Waals surface area contributed by atoms with E-state index in [-0.39, 0.29) is 18.3 Å². The quantitative estimate of drug-likeness (QED) is 0.506. The number of amides is 1. The molecule has 6 heteroatoms. The fraction of sp³-hybridized carbons (Fsp3) is 0.320. The lowest BCUT2D eigenvalue weighted by atomic mass is 9.99. The molecule has 6 nitrogen and oxygen atoms in total. The van der Waals surface area contributed by atoms with Crippen molar-refractivity contribution in [3.63, 3.8) is 0 Å². The van der Waals surface area contributed by atoms with Crippen molar-refractivity contribution in [1.29, 1.82) is 0 Å². The molecule has 0 aliphatic carbocycles. The Hall–Kier alpha value is -3.41. The number of hydrogen-bond acceptors (Lipinski definition) is 5. The monoisotopic (exact) mass is 420 g/mol. The van der Waals surface area contributed by atoms with E-state index in [4.69, 9.17) is 14.5 Å². The average molecular weight is 421 g/mol. The molecule has 3 rings (SSSR count). The molecule has 0 saturated carbocycles. The van der Waals surface area contributed by atoms with E-state index in [9.17, 15) is 9.59 Å². The van der Waals surface area contributed by atoms with Gasteiger partial charge < -0.3 is 14.4 Å². The molecule has 162 valence electrons. The minimum absolute atomic E-state index is 0.00429. The van der Waals surface area contributed by atoms with Gasteiger partial charge in [-0.15, -0.1) is 0 Å². The van der Waals surface area contributed by atoms with Gasteiger partial charge in [-0.05, 0) is 49.2 Å². The number of fused-ring (bicyclic) bond motifs is 1. The molecule has 0 unspecified atom stereocenters. The van der Waals surface area contributed by atoms with E-state index in [1.54, 1.807) is 25.9 Å². The van der Waals surface area contributed by atoms with Crippen molar-refractivity contribution in [3.05, 3.63) is 59.7 Å². The van der Waals surface area contributed by atoms with Crippen LogP contribution in [0.2, 0.25) is 0 Å². The minimum Gasteiger partial charge on any atom is -0.496 e. The van der Waals surface area contributed by atoms with Crippen LogP contribution in [0.1, 0.15) is 31.9 Å². The lowest BCUT2D eigenvalue weighted by molar-refractivity contribution is -0.142. The van der Waals surface area contributed by atoms with Gasteiger partial charge in [0.15, 0.2) is 0 Å². The number of para-hydroxylation sites is 1.